The van der Waals surface area contributed by atoms with Crippen molar-refractivity contribution in [3.8, 4) is 11.1 Å². The Balaban J connectivity index is 0.000000160. The van der Waals surface area contributed by atoms with Crippen molar-refractivity contribution in [3.63, 3.8) is 0 Å². The summed E-state index contributed by atoms with van der Waals surface area (Å²) >= 11 is 1.58. The summed E-state index contributed by atoms with van der Waals surface area (Å²) in [4.78, 5) is 0. The fourth-order valence-electron chi connectivity index (χ4n) is 2.12. The quantitative estimate of drug-likeness (QED) is 0.643. The first kappa shape index (κ1) is 15.2. The molecule has 0 unspecified atom stereocenters. The van der Waals surface area contributed by atoms with E-state index in [0.717, 1.165) is 0 Å². The van der Waals surface area contributed by atoms with Crippen LogP contribution in [0.3, 0.4) is 0 Å². The summed E-state index contributed by atoms with van der Waals surface area (Å²) in [5, 5.41) is 0. The number of allylic oxidation sites excluding steroid dienone is 4. The predicted octanol–water partition coefficient (Wildman–Crippen LogP) is 5.51. The van der Waals surface area contributed by atoms with E-state index >= 15 is 0 Å². The first-order chi connectivity index (χ1) is 9.66. The maximum atomic E-state index is 2.30. The van der Waals surface area contributed by atoms with Crippen LogP contribution in [0.1, 0.15) is 20.3 Å². The van der Waals surface area contributed by atoms with Crippen LogP contribution in [0.15, 0.2) is 81.2 Å². The summed E-state index contributed by atoms with van der Waals surface area (Å²) < 4.78 is 1.59. The van der Waals surface area contributed by atoms with Crippen molar-refractivity contribution in [2.24, 2.45) is 0 Å². The van der Waals surface area contributed by atoms with E-state index in [2.05, 4.69) is 68.5 Å². The summed E-state index contributed by atoms with van der Waals surface area (Å²) in [7, 11) is 0. The van der Waals surface area contributed by atoms with Gasteiger partial charge in [0.25, 0.3) is 0 Å². The van der Waals surface area contributed by atoms with Gasteiger partial charge < -0.3 is 0 Å². The molecule has 0 spiro atoms. The monoisotopic (exact) mass is 337 g/mol. The molecule has 20 heavy (non-hydrogen) atoms. The molecule has 0 atom stereocenters. The summed E-state index contributed by atoms with van der Waals surface area (Å²) in [6.45, 7) is 4.40. The van der Waals surface area contributed by atoms with Gasteiger partial charge in [-0.05, 0) is 11.1 Å². The molecule has 1 heteroatoms. The van der Waals surface area contributed by atoms with E-state index in [1.165, 1.54) is 23.1 Å². The number of hydrogen-bond acceptors (Lipinski definition) is 0. The van der Waals surface area contributed by atoms with Crippen molar-refractivity contribution >= 4 is 0 Å². The summed E-state index contributed by atoms with van der Waals surface area (Å²) in [5.74, 6) is 0. The summed E-state index contributed by atoms with van der Waals surface area (Å²) in [6.07, 6.45) is 3.54. The van der Waals surface area contributed by atoms with Gasteiger partial charge >= 0.3 is 65.5 Å². The van der Waals surface area contributed by atoms with E-state index < -0.39 is 0 Å². The second-order valence-corrected chi connectivity index (χ2v) is 6.62. The Hall–Kier alpha value is -1.20. The molecule has 0 saturated carbocycles. The molecular formula is C19H19Zr. The number of hydrogen-bond donors (Lipinski definition) is 0. The molecule has 1 aliphatic rings. The Morgan fingerprint density at radius 1 is 0.750 bits per heavy atom. The number of benzene rings is 2. The Bertz CT molecular complexity index is 569. The van der Waals surface area contributed by atoms with E-state index in [1.54, 1.807) is 33.6 Å². The molecule has 0 aliphatic heterocycles. The van der Waals surface area contributed by atoms with Crippen LogP contribution in [0.5, 0.6) is 0 Å². The van der Waals surface area contributed by atoms with Crippen LogP contribution in [0, 0.1) is 0 Å². The SMILES string of the molecule is CC1=C(C)C[C]([Zr])=C1.c1ccc(-c2ccccc2)cc1. The molecule has 0 aromatic heterocycles. The van der Waals surface area contributed by atoms with E-state index in [9.17, 15) is 0 Å². The third kappa shape index (κ3) is 4.42. The summed E-state index contributed by atoms with van der Waals surface area (Å²) in [5.41, 5.74) is 5.59. The Labute approximate surface area is 137 Å². The summed E-state index contributed by atoms with van der Waals surface area (Å²) in [6, 6.07) is 20.8. The standard InChI is InChI=1S/C12H10.C7H9.Zr/c1-3-7-11(8-4-1)12-9-5-2-6-10-12;1-6-4-3-5-7(6)2;/h1-10H;4H,5H2,1-2H3;. The molecule has 0 heterocycles. The van der Waals surface area contributed by atoms with Crippen LogP contribution in [-0.4, -0.2) is 0 Å². The molecule has 0 saturated heterocycles. The van der Waals surface area contributed by atoms with E-state index in [-0.39, 0.29) is 0 Å². The molecule has 0 amide bonds. The van der Waals surface area contributed by atoms with Gasteiger partial charge in [-0.1, -0.05) is 60.7 Å². The topological polar surface area (TPSA) is 0 Å². The van der Waals surface area contributed by atoms with Crippen LogP contribution < -0.4 is 0 Å². The second kappa shape index (κ2) is 7.55. The average molecular weight is 339 g/mol. The molecule has 99 valence electrons. The van der Waals surface area contributed by atoms with Gasteiger partial charge in [-0.2, -0.15) is 0 Å². The van der Waals surface area contributed by atoms with Crippen LogP contribution in [0.2, 0.25) is 0 Å². The van der Waals surface area contributed by atoms with E-state index in [0.29, 0.717) is 0 Å². The van der Waals surface area contributed by atoms with Crippen molar-refractivity contribution in [1.29, 1.82) is 0 Å². The third-order valence-corrected chi connectivity index (χ3v) is 4.19. The van der Waals surface area contributed by atoms with Gasteiger partial charge in [0.15, 0.2) is 0 Å². The van der Waals surface area contributed by atoms with Crippen molar-refractivity contribution in [3.05, 3.63) is 81.2 Å². The first-order valence-corrected chi connectivity index (χ1v) is 8.08. The van der Waals surface area contributed by atoms with Gasteiger partial charge in [-0.15, -0.1) is 0 Å². The largest absolute Gasteiger partial charge is 0.0622 e. The zero-order valence-electron chi connectivity index (χ0n) is 12.1. The molecule has 0 fully saturated rings. The van der Waals surface area contributed by atoms with E-state index in [4.69, 9.17) is 0 Å². The van der Waals surface area contributed by atoms with Crippen LogP contribution in [-0.2, 0) is 24.7 Å². The fourth-order valence-corrected chi connectivity index (χ4v) is 3.31. The van der Waals surface area contributed by atoms with Crippen LogP contribution in [0.4, 0.5) is 0 Å². The molecule has 0 radical (unpaired) electrons. The molecule has 0 nitrogen and oxygen atoms in total. The fraction of sp³-hybridized carbons (Fsp3) is 0.158. The zero-order valence-corrected chi connectivity index (χ0v) is 14.5. The normalized spacial score (nSPS) is 13.6. The first-order valence-electron chi connectivity index (χ1n) is 6.86. The van der Waals surface area contributed by atoms with Gasteiger partial charge in [0.2, 0.25) is 0 Å². The number of rotatable bonds is 1. The van der Waals surface area contributed by atoms with Gasteiger partial charge in [-0.3, -0.25) is 0 Å². The van der Waals surface area contributed by atoms with Crippen LogP contribution >= 0.6 is 0 Å². The third-order valence-electron chi connectivity index (χ3n) is 3.40. The van der Waals surface area contributed by atoms with Gasteiger partial charge in [-0.25, -0.2) is 0 Å². The Morgan fingerprint density at radius 2 is 1.20 bits per heavy atom. The van der Waals surface area contributed by atoms with Gasteiger partial charge in [0.05, 0.1) is 0 Å². The van der Waals surface area contributed by atoms with Gasteiger partial charge in [0, 0.05) is 0 Å². The predicted molar refractivity (Wildman–Crippen MR) is 83.0 cm³/mol. The van der Waals surface area contributed by atoms with Crippen molar-refractivity contribution in [2.45, 2.75) is 20.3 Å². The maximum Gasteiger partial charge on any atom is -0.0184 e. The smallest absolute Gasteiger partial charge is 0.0184 e. The minimum Gasteiger partial charge on any atom is -0.0622 e. The van der Waals surface area contributed by atoms with Crippen LogP contribution in [0.25, 0.3) is 11.1 Å². The minimum absolute atomic E-state index is 1.24. The Morgan fingerprint density at radius 3 is 1.45 bits per heavy atom. The minimum atomic E-state index is 1.24. The van der Waals surface area contributed by atoms with Crippen molar-refractivity contribution < 1.29 is 24.7 Å². The Kier molecular flexibility index (Phi) is 5.74. The maximum absolute atomic E-state index is 2.30. The molecule has 2 aromatic rings. The molecule has 2 aromatic carbocycles. The molecule has 0 bridgehead atoms. The second-order valence-electron chi connectivity index (χ2n) is 5.04. The molecule has 1 aliphatic carbocycles. The average Bonchev–Trinajstić information content (AvgIpc) is 2.78. The molecule has 3 rings (SSSR count). The van der Waals surface area contributed by atoms with Crippen molar-refractivity contribution in [1.82, 2.24) is 0 Å². The molecular weight excluding hydrogens is 319 g/mol. The van der Waals surface area contributed by atoms with Gasteiger partial charge in [0.1, 0.15) is 0 Å². The van der Waals surface area contributed by atoms with E-state index in [1.807, 2.05) is 12.1 Å². The zero-order chi connectivity index (χ0) is 14.4. The van der Waals surface area contributed by atoms with Crippen molar-refractivity contribution in [2.75, 3.05) is 0 Å². The molecule has 0 N–H and O–H groups in total.